The Morgan fingerprint density at radius 1 is 1.00 bits per heavy atom. The highest BCUT2D eigenvalue weighted by Crippen LogP contribution is 2.19. The first kappa shape index (κ1) is 14.9. The summed E-state index contributed by atoms with van der Waals surface area (Å²) in [5, 5.41) is 3.05. The molecule has 0 bridgehead atoms. The Morgan fingerprint density at radius 3 is 2.50 bits per heavy atom. The number of hydrogen-bond donors (Lipinski definition) is 1. The Balaban J connectivity index is 1.64. The topological polar surface area (TPSA) is 37.3 Å². The first-order valence-corrected chi connectivity index (χ1v) is 8.02. The summed E-state index contributed by atoms with van der Waals surface area (Å²) in [7, 11) is 0. The van der Waals surface area contributed by atoms with Crippen LogP contribution >= 0.6 is 0 Å². The number of nitrogens with zero attached hydrogens (tertiary/aromatic N) is 2. The summed E-state index contributed by atoms with van der Waals surface area (Å²) in [4.78, 5) is 14.7. The molecule has 1 aromatic heterocycles. The summed E-state index contributed by atoms with van der Waals surface area (Å²) in [5.41, 5.74) is 2.13. The van der Waals surface area contributed by atoms with Crippen LogP contribution in [0.15, 0.2) is 48.8 Å². The lowest BCUT2D eigenvalue weighted by Crippen LogP contribution is -2.29. The van der Waals surface area contributed by atoms with Gasteiger partial charge in [-0.2, -0.15) is 0 Å². The number of amides is 1. The van der Waals surface area contributed by atoms with E-state index in [-0.39, 0.29) is 5.91 Å². The molecule has 1 aliphatic rings. The van der Waals surface area contributed by atoms with Gasteiger partial charge in [-0.1, -0.05) is 24.6 Å². The van der Waals surface area contributed by atoms with Gasteiger partial charge in [-0.05, 0) is 49.7 Å². The van der Waals surface area contributed by atoms with Gasteiger partial charge in [0.1, 0.15) is 6.54 Å². The molecule has 0 saturated carbocycles. The van der Waals surface area contributed by atoms with Gasteiger partial charge in [0.25, 0.3) is 0 Å². The molecule has 3 rings (SSSR count). The van der Waals surface area contributed by atoms with E-state index in [4.69, 9.17) is 0 Å². The summed E-state index contributed by atoms with van der Waals surface area (Å²) in [6.45, 7) is 3.59. The van der Waals surface area contributed by atoms with Gasteiger partial charge in [-0.25, -0.2) is 0 Å². The van der Waals surface area contributed by atoms with Crippen LogP contribution in [0.1, 0.15) is 24.8 Å². The van der Waals surface area contributed by atoms with E-state index < -0.39 is 0 Å². The van der Waals surface area contributed by atoms with Crippen molar-refractivity contribution in [1.29, 1.82) is 0 Å². The minimum absolute atomic E-state index is 0.0160. The predicted octanol–water partition coefficient (Wildman–Crippen LogP) is 3.11. The lowest BCUT2D eigenvalue weighted by Gasteiger charge is -2.27. The first-order chi connectivity index (χ1) is 10.8. The van der Waals surface area contributed by atoms with Gasteiger partial charge in [-0.15, -0.1) is 0 Å². The molecular weight excluding hydrogens is 274 g/mol. The van der Waals surface area contributed by atoms with Crippen LogP contribution < -0.4 is 5.32 Å². The monoisotopic (exact) mass is 297 g/mol. The molecule has 1 amide bonds. The second-order valence-corrected chi connectivity index (χ2v) is 5.90. The molecule has 0 atom stereocenters. The number of aromatic nitrogens is 1. The number of likely N-dealkylation sites (tertiary alicyclic amines) is 1. The largest absolute Gasteiger partial charge is 0.345 e. The molecule has 4 nitrogen and oxygen atoms in total. The summed E-state index contributed by atoms with van der Waals surface area (Å²) in [6.07, 6.45) is 7.70. The highest BCUT2D eigenvalue weighted by atomic mass is 16.1. The SMILES string of the molecule is O=C(Cn1cccc1)Nc1ccccc1CN1CCCCC1. The zero-order valence-electron chi connectivity index (χ0n) is 12.9. The molecule has 116 valence electrons. The van der Waals surface area contributed by atoms with Crippen LogP contribution in [0.25, 0.3) is 0 Å². The molecule has 0 spiro atoms. The maximum absolute atomic E-state index is 12.2. The standard InChI is InChI=1S/C18H23N3O/c22-18(15-21-12-6-7-13-21)19-17-9-3-2-8-16(17)14-20-10-4-1-5-11-20/h2-3,6-9,12-13H,1,4-5,10-11,14-15H2,(H,19,22). The van der Waals surface area contributed by atoms with Crippen molar-refractivity contribution < 1.29 is 4.79 Å². The van der Waals surface area contributed by atoms with Gasteiger partial charge >= 0.3 is 0 Å². The second kappa shape index (κ2) is 7.27. The minimum Gasteiger partial charge on any atom is -0.345 e. The van der Waals surface area contributed by atoms with Crippen LogP contribution in [-0.2, 0) is 17.9 Å². The Kier molecular flexibility index (Phi) is 4.91. The number of nitrogens with one attached hydrogen (secondary N) is 1. The fourth-order valence-corrected chi connectivity index (χ4v) is 2.97. The van der Waals surface area contributed by atoms with Gasteiger partial charge in [-0.3, -0.25) is 9.69 Å². The fraction of sp³-hybridized carbons (Fsp3) is 0.389. The van der Waals surface area contributed by atoms with Crippen LogP contribution in [0.5, 0.6) is 0 Å². The van der Waals surface area contributed by atoms with Gasteiger partial charge < -0.3 is 9.88 Å². The minimum atomic E-state index is 0.0160. The van der Waals surface area contributed by atoms with Gasteiger partial charge in [0.15, 0.2) is 0 Å². The Hall–Kier alpha value is -2.07. The maximum Gasteiger partial charge on any atom is 0.244 e. The zero-order valence-corrected chi connectivity index (χ0v) is 12.9. The van der Waals surface area contributed by atoms with Crippen LogP contribution in [-0.4, -0.2) is 28.5 Å². The average molecular weight is 297 g/mol. The van der Waals surface area contributed by atoms with Crippen molar-refractivity contribution in [3.05, 3.63) is 54.4 Å². The number of carbonyl (C=O) groups is 1. The van der Waals surface area contributed by atoms with Crippen LogP contribution in [0.3, 0.4) is 0 Å². The third kappa shape index (κ3) is 3.98. The number of rotatable bonds is 5. The average Bonchev–Trinajstić information content (AvgIpc) is 3.03. The third-order valence-electron chi connectivity index (χ3n) is 4.13. The van der Waals surface area contributed by atoms with Crippen molar-refractivity contribution in [3.63, 3.8) is 0 Å². The van der Waals surface area contributed by atoms with Crippen LogP contribution in [0.2, 0.25) is 0 Å². The molecule has 22 heavy (non-hydrogen) atoms. The molecule has 1 aromatic carbocycles. The van der Waals surface area contributed by atoms with E-state index in [1.807, 2.05) is 47.3 Å². The quantitative estimate of drug-likeness (QED) is 0.920. The number of para-hydroxylation sites is 1. The Morgan fingerprint density at radius 2 is 1.73 bits per heavy atom. The molecule has 0 radical (unpaired) electrons. The summed E-state index contributed by atoms with van der Waals surface area (Å²) in [6, 6.07) is 12.0. The summed E-state index contributed by atoms with van der Waals surface area (Å²) in [5.74, 6) is 0.0160. The highest BCUT2D eigenvalue weighted by Gasteiger charge is 2.13. The number of benzene rings is 1. The predicted molar refractivity (Wildman–Crippen MR) is 88.6 cm³/mol. The van der Waals surface area contributed by atoms with Crippen molar-refractivity contribution in [1.82, 2.24) is 9.47 Å². The Labute approximate surface area is 131 Å². The lowest BCUT2D eigenvalue weighted by molar-refractivity contribution is -0.116. The van der Waals surface area contributed by atoms with Crippen LogP contribution in [0, 0.1) is 0 Å². The number of hydrogen-bond acceptors (Lipinski definition) is 2. The molecule has 2 aromatic rings. The van der Waals surface area contributed by atoms with E-state index >= 15 is 0 Å². The van der Waals surface area contributed by atoms with E-state index in [9.17, 15) is 4.79 Å². The Bertz CT molecular complexity index is 601. The molecule has 0 aliphatic carbocycles. The fourth-order valence-electron chi connectivity index (χ4n) is 2.97. The third-order valence-corrected chi connectivity index (χ3v) is 4.13. The molecule has 1 saturated heterocycles. The normalized spacial score (nSPS) is 15.6. The van der Waals surface area contributed by atoms with Gasteiger partial charge in [0.05, 0.1) is 0 Å². The molecule has 1 fully saturated rings. The van der Waals surface area contributed by atoms with Gasteiger partial charge in [0.2, 0.25) is 5.91 Å². The van der Waals surface area contributed by atoms with Crippen molar-refractivity contribution in [3.8, 4) is 0 Å². The van der Waals surface area contributed by atoms with Gasteiger partial charge in [0, 0.05) is 24.6 Å². The van der Waals surface area contributed by atoms with E-state index in [2.05, 4.69) is 16.3 Å². The molecule has 0 unspecified atom stereocenters. The van der Waals surface area contributed by atoms with Crippen molar-refractivity contribution >= 4 is 11.6 Å². The van der Waals surface area contributed by atoms with Crippen molar-refractivity contribution in [2.75, 3.05) is 18.4 Å². The maximum atomic E-state index is 12.2. The van der Waals surface area contributed by atoms with Crippen molar-refractivity contribution in [2.45, 2.75) is 32.4 Å². The van der Waals surface area contributed by atoms with E-state index in [1.165, 1.54) is 24.8 Å². The summed E-state index contributed by atoms with van der Waals surface area (Å²) >= 11 is 0. The number of carbonyl (C=O) groups excluding carboxylic acids is 1. The molecule has 1 N–H and O–H groups in total. The van der Waals surface area contributed by atoms with Crippen molar-refractivity contribution in [2.24, 2.45) is 0 Å². The smallest absolute Gasteiger partial charge is 0.244 e. The lowest BCUT2D eigenvalue weighted by atomic mass is 10.1. The second-order valence-electron chi connectivity index (χ2n) is 5.90. The first-order valence-electron chi connectivity index (χ1n) is 8.02. The summed E-state index contributed by atoms with van der Waals surface area (Å²) < 4.78 is 1.88. The molecule has 4 heteroatoms. The highest BCUT2D eigenvalue weighted by molar-refractivity contribution is 5.91. The molecular formula is C18H23N3O. The van der Waals surface area contributed by atoms with E-state index in [0.717, 1.165) is 25.3 Å². The molecule has 1 aliphatic heterocycles. The molecule has 2 heterocycles. The van der Waals surface area contributed by atoms with E-state index in [0.29, 0.717) is 6.54 Å². The van der Waals surface area contributed by atoms with E-state index in [1.54, 1.807) is 0 Å². The van der Waals surface area contributed by atoms with Crippen LogP contribution in [0.4, 0.5) is 5.69 Å². The zero-order chi connectivity index (χ0) is 15.2. The number of anilines is 1. The number of piperidine rings is 1.